The zero-order valence-electron chi connectivity index (χ0n) is 12.2. The van der Waals surface area contributed by atoms with Crippen molar-refractivity contribution in [1.82, 2.24) is 4.57 Å². The second-order valence-corrected chi connectivity index (χ2v) is 6.98. The maximum atomic E-state index is 11.2. The minimum Gasteiger partial charge on any atom is -0.481 e. The first-order chi connectivity index (χ1) is 10.7. The molecule has 1 saturated carbocycles. The maximum Gasteiger partial charge on any atom is 0.307 e. The average Bonchev–Trinajstić information content (AvgIpc) is 3.02. The van der Waals surface area contributed by atoms with Crippen molar-refractivity contribution in [3.05, 3.63) is 47.5 Å². The van der Waals surface area contributed by atoms with Crippen LogP contribution >= 0.6 is 11.3 Å². The fourth-order valence-electron chi connectivity index (χ4n) is 3.00. The SMILES string of the molecule is O=C(O)Cc1cn(CC2CC2)c2ccc(-c3cccs3)cc12. The number of carbonyl (C=O) groups is 1. The molecular weight excluding hydrogens is 294 g/mol. The third kappa shape index (κ3) is 2.55. The number of hydrogen-bond acceptors (Lipinski definition) is 2. The molecule has 2 heterocycles. The van der Waals surface area contributed by atoms with Crippen LogP contribution in [0, 0.1) is 5.92 Å². The Bertz CT molecular complexity index is 828. The minimum atomic E-state index is -0.771. The van der Waals surface area contributed by atoms with Gasteiger partial charge in [0.25, 0.3) is 0 Å². The molecule has 0 unspecified atom stereocenters. The summed E-state index contributed by atoms with van der Waals surface area (Å²) in [5.41, 5.74) is 3.24. The van der Waals surface area contributed by atoms with Crippen molar-refractivity contribution in [3.8, 4) is 10.4 Å². The largest absolute Gasteiger partial charge is 0.481 e. The lowest BCUT2D eigenvalue weighted by molar-refractivity contribution is -0.136. The molecule has 0 bridgehead atoms. The molecule has 1 aromatic carbocycles. The lowest BCUT2D eigenvalue weighted by Crippen LogP contribution is -2.00. The van der Waals surface area contributed by atoms with Gasteiger partial charge in [0.2, 0.25) is 0 Å². The first kappa shape index (κ1) is 13.6. The van der Waals surface area contributed by atoms with E-state index in [4.69, 9.17) is 0 Å². The number of rotatable bonds is 5. The number of benzene rings is 1. The Hall–Kier alpha value is -2.07. The summed E-state index contributed by atoms with van der Waals surface area (Å²) >= 11 is 1.71. The van der Waals surface area contributed by atoms with Gasteiger partial charge in [0.1, 0.15) is 0 Å². The Labute approximate surface area is 132 Å². The number of fused-ring (bicyclic) bond motifs is 1. The van der Waals surface area contributed by atoms with Crippen molar-refractivity contribution in [2.75, 3.05) is 0 Å². The van der Waals surface area contributed by atoms with E-state index in [1.165, 1.54) is 23.3 Å². The summed E-state index contributed by atoms with van der Waals surface area (Å²) in [6.45, 7) is 1.01. The Morgan fingerprint density at radius 3 is 2.86 bits per heavy atom. The molecule has 3 aromatic rings. The van der Waals surface area contributed by atoms with Gasteiger partial charge in [0.05, 0.1) is 6.42 Å². The first-order valence-electron chi connectivity index (χ1n) is 7.58. The minimum absolute atomic E-state index is 0.0854. The number of aliphatic carboxylic acids is 1. The zero-order chi connectivity index (χ0) is 15.1. The molecule has 3 nitrogen and oxygen atoms in total. The molecule has 1 aliphatic carbocycles. The van der Waals surface area contributed by atoms with Crippen molar-refractivity contribution in [1.29, 1.82) is 0 Å². The molecule has 0 amide bonds. The highest BCUT2D eigenvalue weighted by atomic mass is 32.1. The van der Waals surface area contributed by atoms with Gasteiger partial charge in [-0.05, 0) is 53.5 Å². The van der Waals surface area contributed by atoms with Crippen LogP contribution in [0.5, 0.6) is 0 Å². The summed E-state index contributed by atoms with van der Waals surface area (Å²) in [5, 5.41) is 12.3. The van der Waals surface area contributed by atoms with Crippen molar-refractivity contribution in [2.45, 2.75) is 25.8 Å². The van der Waals surface area contributed by atoms with Gasteiger partial charge in [-0.25, -0.2) is 0 Å². The van der Waals surface area contributed by atoms with E-state index in [1.54, 1.807) is 11.3 Å². The molecule has 4 rings (SSSR count). The summed E-state index contributed by atoms with van der Waals surface area (Å²) in [6.07, 6.45) is 4.71. The third-order valence-corrected chi connectivity index (χ3v) is 5.18. The molecule has 22 heavy (non-hydrogen) atoms. The summed E-state index contributed by atoms with van der Waals surface area (Å²) in [7, 11) is 0. The Balaban J connectivity index is 1.83. The third-order valence-electron chi connectivity index (χ3n) is 4.26. The van der Waals surface area contributed by atoms with Gasteiger partial charge in [0, 0.05) is 28.5 Å². The zero-order valence-corrected chi connectivity index (χ0v) is 13.0. The monoisotopic (exact) mass is 311 g/mol. The number of aromatic nitrogens is 1. The van der Waals surface area contributed by atoms with Crippen molar-refractivity contribution < 1.29 is 9.90 Å². The van der Waals surface area contributed by atoms with E-state index >= 15 is 0 Å². The van der Waals surface area contributed by atoms with Crippen LogP contribution in [0.1, 0.15) is 18.4 Å². The highest BCUT2D eigenvalue weighted by Gasteiger charge is 2.23. The summed E-state index contributed by atoms with van der Waals surface area (Å²) in [4.78, 5) is 12.4. The Kier molecular flexibility index (Phi) is 3.26. The highest BCUT2D eigenvalue weighted by molar-refractivity contribution is 7.13. The van der Waals surface area contributed by atoms with Gasteiger partial charge in [0.15, 0.2) is 0 Å². The molecular formula is C18H17NO2S. The van der Waals surface area contributed by atoms with Crippen LogP contribution < -0.4 is 0 Å². The molecule has 112 valence electrons. The Morgan fingerprint density at radius 1 is 1.32 bits per heavy atom. The normalized spacial score (nSPS) is 14.5. The van der Waals surface area contributed by atoms with E-state index in [1.807, 2.05) is 12.3 Å². The van der Waals surface area contributed by atoms with E-state index in [0.717, 1.165) is 28.9 Å². The van der Waals surface area contributed by atoms with Crippen molar-refractivity contribution >= 4 is 28.2 Å². The molecule has 1 fully saturated rings. The van der Waals surface area contributed by atoms with Gasteiger partial charge in [-0.15, -0.1) is 11.3 Å². The fourth-order valence-corrected chi connectivity index (χ4v) is 3.72. The van der Waals surface area contributed by atoms with Crippen LogP contribution in [0.15, 0.2) is 41.9 Å². The van der Waals surface area contributed by atoms with Crippen LogP contribution in [0.25, 0.3) is 21.3 Å². The summed E-state index contributed by atoms with van der Waals surface area (Å²) in [6, 6.07) is 10.6. The second kappa shape index (κ2) is 5.29. The maximum absolute atomic E-state index is 11.2. The molecule has 4 heteroatoms. The lowest BCUT2D eigenvalue weighted by atomic mass is 10.1. The Morgan fingerprint density at radius 2 is 2.18 bits per heavy atom. The second-order valence-electron chi connectivity index (χ2n) is 6.03. The van der Waals surface area contributed by atoms with Crippen molar-refractivity contribution in [3.63, 3.8) is 0 Å². The van der Waals surface area contributed by atoms with E-state index in [2.05, 4.69) is 34.2 Å². The predicted octanol–water partition coefficient (Wildman–Crippen LogP) is 4.41. The first-order valence-corrected chi connectivity index (χ1v) is 8.46. The van der Waals surface area contributed by atoms with Crippen LogP contribution in [0.2, 0.25) is 0 Å². The van der Waals surface area contributed by atoms with E-state index in [-0.39, 0.29) is 6.42 Å². The molecule has 0 atom stereocenters. The lowest BCUT2D eigenvalue weighted by Gasteiger charge is -2.04. The molecule has 2 aromatic heterocycles. The molecule has 0 spiro atoms. The van der Waals surface area contributed by atoms with Crippen molar-refractivity contribution in [2.24, 2.45) is 5.92 Å². The molecule has 0 radical (unpaired) electrons. The predicted molar refractivity (Wildman–Crippen MR) is 89.3 cm³/mol. The number of carboxylic acids is 1. The molecule has 0 saturated heterocycles. The number of thiophene rings is 1. The van der Waals surface area contributed by atoms with E-state index in [9.17, 15) is 9.90 Å². The smallest absolute Gasteiger partial charge is 0.307 e. The highest BCUT2D eigenvalue weighted by Crippen LogP contribution is 2.35. The van der Waals surface area contributed by atoms with Gasteiger partial charge >= 0.3 is 5.97 Å². The fraction of sp³-hybridized carbons (Fsp3) is 0.278. The molecule has 0 aliphatic heterocycles. The molecule has 1 aliphatic rings. The van der Waals surface area contributed by atoms with Gasteiger partial charge in [-0.1, -0.05) is 12.1 Å². The topological polar surface area (TPSA) is 42.2 Å². The summed E-state index contributed by atoms with van der Waals surface area (Å²) in [5.74, 6) is -0.00255. The molecule has 1 N–H and O–H groups in total. The van der Waals surface area contributed by atoms with Gasteiger partial charge in [-0.2, -0.15) is 0 Å². The van der Waals surface area contributed by atoms with Crippen LogP contribution in [-0.4, -0.2) is 15.6 Å². The van der Waals surface area contributed by atoms with Crippen LogP contribution in [-0.2, 0) is 17.8 Å². The van der Waals surface area contributed by atoms with Crippen LogP contribution in [0.4, 0.5) is 0 Å². The summed E-state index contributed by atoms with van der Waals surface area (Å²) < 4.78 is 2.24. The van der Waals surface area contributed by atoms with Crippen LogP contribution in [0.3, 0.4) is 0 Å². The van der Waals surface area contributed by atoms with Gasteiger partial charge in [-0.3, -0.25) is 4.79 Å². The number of carboxylic acid groups (broad SMARTS) is 1. The van der Waals surface area contributed by atoms with E-state index in [0.29, 0.717) is 0 Å². The van der Waals surface area contributed by atoms with E-state index < -0.39 is 5.97 Å². The number of nitrogens with zero attached hydrogens (tertiary/aromatic N) is 1. The van der Waals surface area contributed by atoms with Gasteiger partial charge < -0.3 is 9.67 Å². The number of hydrogen-bond donors (Lipinski definition) is 1. The average molecular weight is 311 g/mol. The quantitative estimate of drug-likeness (QED) is 0.758. The standard InChI is InChI=1S/C18H17NO2S/c20-18(21)9-14-11-19(10-12-3-4-12)16-6-5-13(8-15(14)16)17-2-1-7-22-17/h1-2,5-8,11-12H,3-4,9-10H2,(H,20,21).